The van der Waals surface area contributed by atoms with Gasteiger partial charge in [-0.15, -0.1) is 0 Å². The van der Waals surface area contributed by atoms with Crippen LogP contribution in [0.3, 0.4) is 0 Å². The van der Waals surface area contributed by atoms with Gasteiger partial charge in [-0.2, -0.15) is 0 Å². The quantitative estimate of drug-likeness (QED) is 0.246. The van der Waals surface area contributed by atoms with Gasteiger partial charge in [-0.05, 0) is 25.2 Å². The summed E-state index contributed by atoms with van der Waals surface area (Å²) in [6.45, 7) is 2.26. The van der Waals surface area contributed by atoms with Crippen LogP contribution in [0.1, 0.15) is 116 Å². The summed E-state index contributed by atoms with van der Waals surface area (Å²) in [5.74, 6) is -0.196. The van der Waals surface area contributed by atoms with Crippen LogP contribution in [0.2, 0.25) is 0 Å². The van der Waals surface area contributed by atoms with E-state index in [0.29, 0.717) is 5.92 Å². The van der Waals surface area contributed by atoms with E-state index in [1.54, 1.807) is 0 Å². The van der Waals surface area contributed by atoms with Gasteiger partial charge in [0.25, 0.3) is 0 Å². The van der Waals surface area contributed by atoms with Gasteiger partial charge in [-0.25, -0.2) is 4.79 Å². The molecular weight excluding hydrogens is 342 g/mol. The van der Waals surface area contributed by atoms with Crippen LogP contribution in [0, 0.1) is 5.92 Å². The lowest BCUT2D eigenvalue weighted by atomic mass is 9.85. The molecule has 0 spiro atoms. The second-order valence-electron chi connectivity index (χ2n) is 8.13. The molecule has 0 bridgehead atoms. The van der Waals surface area contributed by atoms with Crippen LogP contribution < -0.4 is 5.32 Å². The van der Waals surface area contributed by atoms with Gasteiger partial charge in [0, 0.05) is 0 Å². The molecule has 2 N–H and O–H groups in total. The minimum Gasteiger partial charge on any atom is -0.480 e. The number of hydrogen-bond acceptors (Lipinski definition) is 2. The van der Waals surface area contributed by atoms with Crippen molar-refractivity contribution in [3.63, 3.8) is 0 Å². The maximum absolute atomic E-state index is 11.5. The highest BCUT2D eigenvalue weighted by Gasteiger charge is 2.24. The Labute approximate surface area is 166 Å². The molecule has 0 saturated heterocycles. The Balaban J connectivity index is 2.05. The van der Waals surface area contributed by atoms with Crippen LogP contribution in [0.15, 0.2) is 0 Å². The number of rotatable bonds is 15. The minimum absolute atomic E-state index is 0.492. The van der Waals surface area contributed by atoms with E-state index in [9.17, 15) is 9.90 Å². The zero-order chi connectivity index (χ0) is 19.0. The molecule has 0 aromatic heterocycles. The third-order valence-corrected chi connectivity index (χ3v) is 6.01. The summed E-state index contributed by atoms with van der Waals surface area (Å²) in [6.07, 6.45) is 20.8. The van der Waals surface area contributed by atoms with Crippen LogP contribution in [-0.4, -0.2) is 22.1 Å². The number of thiocarbonyl (C=S) groups is 1. The molecule has 0 unspecified atom stereocenters. The molecule has 1 saturated carbocycles. The third-order valence-electron chi connectivity index (χ3n) is 5.68. The van der Waals surface area contributed by atoms with E-state index in [1.807, 2.05) is 0 Å². The van der Waals surface area contributed by atoms with Crippen LogP contribution in [0.25, 0.3) is 0 Å². The molecule has 1 atom stereocenters. The third kappa shape index (κ3) is 11.9. The van der Waals surface area contributed by atoms with Gasteiger partial charge in [0.1, 0.15) is 6.04 Å². The summed E-state index contributed by atoms with van der Waals surface area (Å²) in [6, 6.07) is -0.492. The van der Waals surface area contributed by atoms with E-state index < -0.39 is 12.0 Å². The summed E-state index contributed by atoms with van der Waals surface area (Å²) < 4.78 is 0. The van der Waals surface area contributed by atoms with E-state index in [0.717, 1.165) is 24.3 Å². The topological polar surface area (TPSA) is 49.3 Å². The second kappa shape index (κ2) is 15.4. The SMILES string of the molecule is CCCCCCCCCCCCC(=S)N[C@@H](CC1CCCCC1)C(=O)O. The normalized spacial score (nSPS) is 16.3. The maximum atomic E-state index is 11.5. The molecule has 1 rings (SSSR count). The lowest BCUT2D eigenvalue weighted by Crippen LogP contribution is -2.41. The highest BCUT2D eigenvalue weighted by Crippen LogP contribution is 2.27. The number of carboxylic acid groups (broad SMARTS) is 1. The molecule has 0 aromatic carbocycles. The maximum Gasteiger partial charge on any atom is 0.326 e. The Kier molecular flexibility index (Phi) is 13.9. The molecule has 0 amide bonds. The smallest absolute Gasteiger partial charge is 0.326 e. The summed E-state index contributed by atoms with van der Waals surface area (Å²) in [5, 5.41) is 12.6. The number of aliphatic carboxylic acids is 1. The fourth-order valence-corrected chi connectivity index (χ4v) is 4.30. The average molecular weight is 384 g/mol. The second-order valence-corrected chi connectivity index (χ2v) is 8.62. The number of carboxylic acids is 1. The first-order valence-electron chi connectivity index (χ1n) is 11.2. The van der Waals surface area contributed by atoms with E-state index in [1.165, 1.54) is 89.9 Å². The summed E-state index contributed by atoms with van der Waals surface area (Å²) in [4.78, 5) is 12.3. The predicted molar refractivity (Wildman–Crippen MR) is 115 cm³/mol. The lowest BCUT2D eigenvalue weighted by Gasteiger charge is -2.25. The monoisotopic (exact) mass is 383 g/mol. The van der Waals surface area contributed by atoms with Crippen molar-refractivity contribution in [1.29, 1.82) is 0 Å². The van der Waals surface area contributed by atoms with Gasteiger partial charge in [0.15, 0.2) is 0 Å². The fraction of sp³-hybridized carbons (Fsp3) is 0.909. The Morgan fingerprint density at radius 1 is 0.962 bits per heavy atom. The first-order chi connectivity index (χ1) is 12.6. The molecule has 26 heavy (non-hydrogen) atoms. The van der Waals surface area contributed by atoms with Crippen molar-refractivity contribution in [3.05, 3.63) is 0 Å². The minimum atomic E-state index is -0.749. The van der Waals surface area contributed by atoms with Gasteiger partial charge in [0.2, 0.25) is 0 Å². The molecular formula is C22H41NO2S. The van der Waals surface area contributed by atoms with E-state index >= 15 is 0 Å². The molecule has 0 aliphatic heterocycles. The highest BCUT2D eigenvalue weighted by atomic mass is 32.1. The van der Waals surface area contributed by atoms with Crippen LogP contribution in [0.5, 0.6) is 0 Å². The molecule has 0 aromatic rings. The number of hydrogen-bond donors (Lipinski definition) is 2. The molecule has 0 radical (unpaired) electrons. The van der Waals surface area contributed by atoms with E-state index in [2.05, 4.69) is 12.2 Å². The molecule has 152 valence electrons. The number of carbonyl (C=O) groups is 1. The average Bonchev–Trinajstić information content (AvgIpc) is 2.63. The summed E-state index contributed by atoms with van der Waals surface area (Å²) in [7, 11) is 0. The molecule has 1 aliphatic rings. The zero-order valence-corrected chi connectivity index (χ0v) is 17.8. The molecule has 3 nitrogen and oxygen atoms in total. The van der Waals surface area contributed by atoms with Gasteiger partial charge in [-0.3, -0.25) is 0 Å². The molecule has 1 fully saturated rings. The Bertz CT molecular complexity index is 380. The van der Waals surface area contributed by atoms with Crippen molar-refractivity contribution in [2.24, 2.45) is 5.92 Å². The van der Waals surface area contributed by atoms with Gasteiger partial charge >= 0.3 is 5.97 Å². The van der Waals surface area contributed by atoms with Crippen LogP contribution >= 0.6 is 12.2 Å². The van der Waals surface area contributed by atoms with Crippen molar-refractivity contribution in [2.75, 3.05) is 0 Å². The van der Waals surface area contributed by atoms with E-state index in [4.69, 9.17) is 12.2 Å². The van der Waals surface area contributed by atoms with E-state index in [-0.39, 0.29) is 0 Å². The van der Waals surface area contributed by atoms with Crippen LogP contribution in [0.4, 0.5) is 0 Å². The Hall–Kier alpha value is -0.640. The first-order valence-corrected chi connectivity index (χ1v) is 11.6. The molecule has 4 heteroatoms. The lowest BCUT2D eigenvalue weighted by molar-refractivity contribution is -0.139. The highest BCUT2D eigenvalue weighted by molar-refractivity contribution is 7.80. The predicted octanol–water partition coefficient (Wildman–Crippen LogP) is 6.64. The van der Waals surface area contributed by atoms with Gasteiger partial charge in [-0.1, -0.05) is 109 Å². The van der Waals surface area contributed by atoms with Crippen molar-refractivity contribution < 1.29 is 9.90 Å². The zero-order valence-electron chi connectivity index (χ0n) is 16.9. The summed E-state index contributed by atoms with van der Waals surface area (Å²) in [5.41, 5.74) is 0. The van der Waals surface area contributed by atoms with Crippen molar-refractivity contribution in [2.45, 2.75) is 122 Å². The Morgan fingerprint density at radius 2 is 1.50 bits per heavy atom. The fourth-order valence-electron chi connectivity index (χ4n) is 4.02. The van der Waals surface area contributed by atoms with Gasteiger partial charge < -0.3 is 10.4 Å². The standard InChI is InChI=1S/C22H41NO2S/c1-2-3-4-5-6-7-8-9-10-14-17-21(26)23-20(22(24)25)18-19-15-12-11-13-16-19/h19-20H,2-18H2,1H3,(H,23,26)(H,24,25)/t20-/m0/s1. The summed E-state index contributed by atoms with van der Waals surface area (Å²) >= 11 is 5.40. The molecule has 0 heterocycles. The Morgan fingerprint density at radius 3 is 2.04 bits per heavy atom. The number of unbranched alkanes of at least 4 members (excludes halogenated alkanes) is 9. The van der Waals surface area contributed by atoms with Gasteiger partial charge in [0.05, 0.1) is 4.99 Å². The first kappa shape index (κ1) is 23.4. The van der Waals surface area contributed by atoms with Crippen LogP contribution in [-0.2, 0) is 4.79 Å². The van der Waals surface area contributed by atoms with Crippen molar-refractivity contribution in [3.8, 4) is 0 Å². The van der Waals surface area contributed by atoms with Crippen molar-refractivity contribution >= 4 is 23.2 Å². The molecule has 1 aliphatic carbocycles. The number of nitrogens with one attached hydrogen (secondary N) is 1. The van der Waals surface area contributed by atoms with Crippen molar-refractivity contribution in [1.82, 2.24) is 5.32 Å². The largest absolute Gasteiger partial charge is 0.480 e.